The van der Waals surface area contributed by atoms with E-state index >= 15 is 0 Å². The fraction of sp³-hybridized carbons (Fsp3) is 0.545. The van der Waals surface area contributed by atoms with E-state index in [0.717, 1.165) is 55.1 Å². The molecule has 4 rings (SSSR count). The van der Waals surface area contributed by atoms with Crippen LogP contribution in [0.25, 0.3) is 0 Å². The summed E-state index contributed by atoms with van der Waals surface area (Å²) in [6.45, 7) is 6.30. The molecular weight excluding hydrogens is 403 g/mol. The summed E-state index contributed by atoms with van der Waals surface area (Å²) in [7, 11) is -3.21. The highest BCUT2D eigenvalue weighted by molar-refractivity contribution is 7.89. The van der Waals surface area contributed by atoms with E-state index < -0.39 is 10.0 Å². The van der Waals surface area contributed by atoms with Gasteiger partial charge in [-0.25, -0.2) is 27.1 Å². The predicted octanol–water partition coefficient (Wildman–Crippen LogP) is 3.41. The lowest BCUT2D eigenvalue weighted by Crippen LogP contribution is -2.40. The summed E-state index contributed by atoms with van der Waals surface area (Å²) in [5, 5.41) is 0. The van der Waals surface area contributed by atoms with Gasteiger partial charge in [-0.1, -0.05) is 12.1 Å². The Balaban J connectivity index is 1.62. The Kier molecular flexibility index (Phi) is 6.06. The van der Waals surface area contributed by atoms with Crippen LogP contribution in [0.4, 0.5) is 10.2 Å². The number of fused-ring (bicyclic) bond motifs is 1. The van der Waals surface area contributed by atoms with Crippen molar-refractivity contribution < 1.29 is 12.8 Å². The van der Waals surface area contributed by atoms with Gasteiger partial charge in [0.1, 0.15) is 17.5 Å². The molecular formula is C22H29FN4O2S. The lowest BCUT2D eigenvalue weighted by atomic mass is 9.97. The Morgan fingerprint density at radius 3 is 2.63 bits per heavy atom. The number of hydrogen-bond acceptors (Lipinski definition) is 5. The molecule has 1 saturated heterocycles. The van der Waals surface area contributed by atoms with Crippen molar-refractivity contribution in [1.29, 1.82) is 0 Å². The first-order chi connectivity index (χ1) is 14.4. The van der Waals surface area contributed by atoms with Crippen LogP contribution in [0.1, 0.15) is 54.7 Å². The van der Waals surface area contributed by atoms with Crippen molar-refractivity contribution in [3.63, 3.8) is 0 Å². The molecule has 1 atom stereocenters. The summed E-state index contributed by atoms with van der Waals surface area (Å²) in [5.74, 6) is 1.59. The maximum atomic E-state index is 13.3. The van der Waals surface area contributed by atoms with E-state index in [0.29, 0.717) is 19.6 Å². The average Bonchev–Trinajstić information content (AvgIpc) is 2.76. The molecule has 2 aliphatic heterocycles. The average molecular weight is 433 g/mol. The van der Waals surface area contributed by atoms with E-state index in [9.17, 15) is 12.8 Å². The van der Waals surface area contributed by atoms with E-state index in [-0.39, 0.29) is 17.5 Å². The molecule has 1 aromatic heterocycles. The van der Waals surface area contributed by atoms with Crippen LogP contribution >= 0.6 is 0 Å². The van der Waals surface area contributed by atoms with Crippen LogP contribution in [-0.2, 0) is 23.0 Å². The Labute approximate surface area is 178 Å². The van der Waals surface area contributed by atoms with Crippen LogP contribution in [-0.4, -0.2) is 48.1 Å². The molecule has 8 heteroatoms. The molecule has 0 spiro atoms. The number of aromatic nitrogens is 2. The highest BCUT2D eigenvalue weighted by atomic mass is 32.2. The third-order valence-corrected chi connectivity index (χ3v) is 8.01. The molecule has 0 N–H and O–H groups in total. The van der Waals surface area contributed by atoms with E-state index in [1.54, 1.807) is 11.2 Å². The number of anilines is 1. The Morgan fingerprint density at radius 2 is 1.90 bits per heavy atom. The molecule has 162 valence electrons. The molecule has 0 aliphatic carbocycles. The van der Waals surface area contributed by atoms with Crippen molar-refractivity contribution in [3.8, 4) is 0 Å². The molecule has 0 radical (unpaired) electrons. The van der Waals surface area contributed by atoms with E-state index in [1.165, 1.54) is 17.7 Å². The normalized spacial score (nSPS) is 20.2. The first-order valence-corrected chi connectivity index (χ1v) is 12.3. The van der Waals surface area contributed by atoms with Gasteiger partial charge in [0.25, 0.3) is 0 Å². The summed E-state index contributed by atoms with van der Waals surface area (Å²) in [5.41, 5.74) is 3.19. The van der Waals surface area contributed by atoms with Gasteiger partial charge in [-0.3, -0.25) is 0 Å². The number of sulfonamides is 1. The fourth-order valence-electron chi connectivity index (χ4n) is 4.44. The standard InChI is InChI=1S/C22H29FN4O2S/c1-3-30(28,29)27-13-4-6-18(15-27)21-24-16(2)20-7-5-12-26(22(20)25-21)14-17-8-10-19(23)11-9-17/h8-11,18H,3-7,12-15H2,1-2H3. The van der Waals surface area contributed by atoms with Crippen LogP contribution in [0.3, 0.4) is 0 Å². The molecule has 1 aromatic carbocycles. The van der Waals surface area contributed by atoms with Gasteiger partial charge in [-0.15, -0.1) is 0 Å². The molecule has 30 heavy (non-hydrogen) atoms. The van der Waals surface area contributed by atoms with Crippen LogP contribution < -0.4 is 4.90 Å². The number of benzene rings is 1. The van der Waals surface area contributed by atoms with Crippen LogP contribution in [0.15, 0.2) is 24.3 Å². The lowest BCUT2D eigenvalue weighted by molar-refractivity contribution is 0.309. The minimum Gasteiger partial charge on any atom is -0.352 e. The minimum atomic E-state index is -3.21. The van der Waals surface area contributed by atoms with Crippen molar-refractivity contribution in [2.45, 2.75) is 52.0 Å². The molecule has 0 amide bonds. The molecule has 1 unspecified atom stereocenters. The maximum absolute atomic E-state index is 13.3. The third kappa shape index (κ3) is 4.34. The predicted molar refractivity (Wildman–Crippen MR) is 116 cm³/mol. The monoisotopic (exact) mass is 432 g/mol. The fourth-order valence-corrected chi connectivity index (χ4v) is 5.62. The molecule has 3 heterocycles. The summed E-state index contributed by atoms with van der Waals surface area (Å²) in [6, 6.07) is 6.60. The summed E-state index contributed by atoms with van der Waals surface area (Å²) < 4.78 is 39.6. The number of hydrogen-bond donors (Lipinski definition) is 0. The first-order valence-electron chi connectivity index (χ1n) is 10.7. The second-order valence-electron chi connectivity index (χ2n) is 8.22. The zero-order valence-electron chi connectivity index (χ0n) is 17.6. The van der Waals surface area contributed by atoms with Gasteiger partial charge < -0.3 is 4.90 Å². The molecule has 1 fully saturated rings. The molecule has 0 bridgehead atoms. The zero-order valence-corrected chi connectivity index (χ0v) is 18.5. The molecule has 6 nitrogen and oxygen atoms in total. The molecule has 2 aromatic rings. The minimum absolute atomic E-state index is 0.0127. The van der Waals surface area contributed by atoms with Gasteiger partial charge in [0.15, 0.2) is 0 Å². The van der Waals surface area contributed by atoms with Crippen molar-refractivity contribution in [1.82, 2.24) is 14.3 Å². The van der Waals surface area contributed by atoms with Gasteiger partial charge in [-0.2, -0.15) is 0 Å². The van der Waals surface area contributed by atoms with E-state index in [2.05, 4.69) is 4.90 Å². The summed E-state index contributed by atoms with van der Waals surface area (Å²) in [4.78, 5) is 12.0. The second kappa shape index (κ2) is 8.59. The zero-order chi connectivity index (χ0) is 21.3. The van der Waals surface area contributed by atoms with E-state index in [4.69, 9.17) is 9.97 Å². The topological polar surface area (TPSA) is 66.4 Å². The Morgan fingerprint density at radius 1 is 1.13 bits per heavy atom. The lowest BCUT2D eigenvalue weighted by Gasteiger charge is -2.34. The highest BCUT2D eigenvalue weighted by Gasteiger charge is 2.31. The number of piperidine rings is 1. The Hall–Kier alpha value is -2.06. The number of halogens is 1. The van der Waals surface area contributed by atoms with Gasteiger partial charge in [0.05, 0.1) is 5.75 Å². The second-order valence-corrected chi connectivity index (χ2v) is 10.5. The van der Waals surface area contributed by atoms with Crippen LogP contribution in [0.5, 0.6) is 0 Å². The highest BCUT2D eigenvalue weighted by Crippen LogP contribution is 2.33. The van der Waals surface area contributed by atoms with Gasteiger partial charge >= 0.3 is 0 Å². The van der Waals surface area contributed by atoms with Crippen molar-refractivity contribution >= 4 is 15.8 Å². The van der Waals surface area contributed by atoms with Crippen molar-refractivity contribution in [3.05, 3.63) is 52.7 Å². The number of nitrogens with zero attached hydrogens (tertiary/aromatic N) is 4. The quantitative estimate of drug-likeness (QED) is 0.724. The molecule has 2 aliphatic rings. The first kappa shape index (κ1) is 21.2. The van der Waals surface area contributed by atoms with Gasteiger partial charge in [0.2, 0.25) is 10.0 Å². The summed E-state index contributed by atoms with van der Waals surface area (Å²) >= 11 is 0. The van der Waals surface area contributed by atoms with Crippen molar-refractivity contribution in [2.24, 2.45) is 0 Å². The molecule has 0 saturated carbocycles. The SMILES string of the molecule is CCS(=O)(=O)N1CCCC(c2nc(C)c3c(n2)N(Cc2ccc(F)cc2)CCC3)C1. The largest absolute Gasteiger partial charge is 0.352 e. The summed E-state index contributed by atoms with van der Waals surface area (Å²) in [6.07, 6.45) is 3.70. The van der Waals surface area contributed by atoms with Gasteiger partial charge in [-0.05, 0) is 57.2 Å². The van der Waals surface area contributed by atoms with Crippen LogP contribution in [0.2, 0.25) is 0 Å². The van der Waals surface area contributed by atoms with Crippen molar-refractivity contribution in [2.75, 3.05) is 30.3 Å². The maximum Gasteiger partial charge on any atom is 0.213 e. The van der Waals surface area contributed by atoms with E-state index in [1.807, 2.05) is 19.1 Å². The van der Waals surface area contributed by atoms with Crippen LogP contribution in [0, 0.1) is 12.7 Å². The van der Waals surface area contributed by atoms with Gasteiger partial charge in [0, 0.05) is 43.4 Å². The number of rotatable bonds is 5. The third-order valence-electron chi connectivity index (χ3n) is 6.16. The smallest absolute Gasteiger partial charge is 0.213 e. The number of aryl methyl sites for hydroxylation is 1. The Bertz CT molecular complexity index is 1010.